The molecule has 1 aromatic rings. The SMILES string of the molecule is CC1(C(=O)O)CCN(C(=O)Nc2ccc(C#N)cc2)C1. The summed E-state index contributed by atoms with van der Waals surface area (Å²) in [6.07, 6.45) is 0.448. The number of aliphatic carboxylic acids is 1. The van der Waals surface area contributed by atoms with Gasteiger partial charge in [0.1, 0.15) is 0 Å². The van der Waals surface area contributed by atoms with Gasteiger partial charge in [-0.2, -0.15) is 5.26 Å². The Hall–Kier alpha value is -2.55. The maximum absolute atomic E-state index is 12.0. The molecule has 2 amide bonds. The molecule has 2 rings (SSSR count). The van der Waals surface area contributed by atoms with Crippen molar-refractivity contribution in [3.05, 3.63) is 29.8 Å². The second kappa shape index (κ2) is 5.21. The predicted octanol–water partition coefficient (Wildman–Crippen LogP) is 1.89. The molecule has 20 heavy (non-hydrogen) atoms. The Kier molecular flexibility index (Phi) is 3.61. The number of carboxylic acids is 1. The molecule has 1 atom stereocenters. The number of likely N-dealkylation sites (tertiary alicyclic amines) is 1. The fourth-order valence-corrected chi connectivity index (χ4v) is 2.14. The molecule has 6 heteroatoms. The summed E-state index contributed by atoms with van der Waals surface area (Å²) in [5, 5.41) is 20.5. The Bertz CT molecular complexity index is 576. The van der Waals surface area contributed by atoms with Crippen LogP contribution in [-0.4, -0.2) is 35.1 Å². The first kappa shape index (κ1) is 13.9. The van der Waals surface area contributed by atoms with Gasteiger partial charge in [-0.25, -0.2) is 4.79 Å². The number of hydrogen-bond donors (Lipinski definition) is 2. The molecule has 1 aliphatic rings. The lowest BCUT2D eigenvalue weighted by Crippen LogP contribution is -2.37. The zero-order valence-corrected chi connectivity index (χ0v) is 11.1. The first-order valence-electron chi connectivity index (χ1n) is 6.24. The third-order valence-electron chi connectivity index (χ3n) is 3.54. The van der Waals surface area contributed by atoms with E-state index in [2.05, 4.69) is 5.32 Å². The van der Waals surface area contributed by atoms with Gasteiger partial charge >= 0.3 is 12.0 Å². The number of benzene rings is 1. The van der Waals surface area contributed by atoms with Crippen molar-refractivity contribution in [1.29, 1.82) is 5.26 Å². The quantitative estimate of drug-likeness (QED) is 0.860. The van der Waals surface area contributed by atoms with Crippen molar-refractivity contribution in [3.63, 3.8) is 0 Å². The predicted molar refractivity (Wildman–Crippen MR) is 72.1 cm³/mol. The molecule has 1 unspecified atom stereocenters. The molecule has 1 aromatic carbocycles. The molecular weight excluding hydrogens is 258 g/mol. The van der Waals surface area contributed by atoms with Crippen LogP contribution < -0.4 is 5.32 Å². The van der Waals surface area contributed by atoms with Crippen molar-refractivity contribution in [2.75, 3.05) is 18.4 Å². The number of anilines is 1. The zero-order chi connectivity index (χ0) is 14.8. The van der Waals surface area contributed by atoms with Gasteiger partial charge in [0, 0.05) is 18.8 Å². The van der Waals surface area contributed by atoms with Crippen molar-refractivity contribution in [2.24, 2.45) is 5.41 Å². The highest BCUT2D eigenvalue weighted by Gasteiger charge is 2.42. The van der Waals surface area contributed by atoms with Crippen LogP contribution >= 0.6 is 0 Å². The van der Waals surface area contributed by atoms with Gasteiger partial charge in [-0.1, -0.05) is 0 Å². The molecule has 2 N–H and O–H groups in total. The minimum absolute atomic E-state index is 0.199. The van der Waals surface area contributed by atoms with Crippen LogP contribution in [0.2, 0.25) is 0 Å². The summed E-state index contributed by atoms with van der Waals surface area (Å²) in [5.41, 5.74) is 0.225. The van der Waals surface area contributed by atoms with Crippen LogP contribution in [0.4, 0.5) is 10.5 Å². The van der Waals surface area contributed by atoms with Crippen molar-refractivity contribution in [3.8, 4) is 6.07 Å². The summed E-state index contributed by atoms with van der Waals surface area (Å²) in [4.78, 5) is 24.7. The Morgan fingerprint density at radius 2 is 2.05 bits per heavy atom. The van der Waals surface area contributed by atoms with Crippen molar-refractivity contribution >= 4 is 17.7 Å². The summed E-state index contributed by atoms with van der Waals surface area (Å²) >= 11 is 0. The highest BCUT2D eigenvalue weighted by atomic mass is 16.4. The van der Waals surface area contributed by atoms with E-state index < -0.39 is 11.4 Å². The molecule has 0 radical (unpaired) electrons. The van der Waals surface area contributed by atoms with Crippen LogP contribution in [0.3, 0.4) is 0 Å². The Labute approximate surface area is 116 Å². The molecule has 1 aliphatic heterocycles. The third-order valence-corrected chi connectivity index (χ3v) is 3.54. The number of carboxylic acid groups (broad SMARTS) is 1. The van der Waals surface area contributed by atoms with Gasteiger partial charge in [-0.15, -0.1) is 0 Å². The van der Waals surface area contributed by atoms with E-state index in [-0.39, 0.29) is 12.6 Å². The van der Waals surface area contributed by atoms with Crippen molar-refractivity contribution in [2.45, 2.75) is 13.3 Å². The number of urea groups is 1. The van der Waals surface area contributed by atoms with Gasteiger partial charge in [0.2, 0.25) is 0 Å². The van der Waals surface area contributed by atoms with E-state index in [9.17, 15) is 9.59 Å². The number of rotatable bonds is 2. The molecule has 0 bridgehead atoms. The highest BCUT2D eigenvalue weighted by molar-refractivity contribution is 5.90. The molecule has 1 saturated heterocycles. The number of nitrogens with zero attached hydrogens (tertiary/aromatic N) is 2. The summed E-state index contributed by atoms with van der Waals surface area (Å²) < 4.78 is 0. The lowest BCUT2D eigenvalue weighted by molar-refractivity contribution is -0.146. The van der Waals surface area contributed by atoms with Gasteiger partial charge < -0.3 is 15.3 Å². The largest absolute Gasteiger partial charge is 0.481 e. The molecule has 0 saturated carbocycles. The fraction of sp³-hybridized carbons (Fsp3) is 0.357. The van der Waals surface area contributed by atoms with Gasteiger partial charge in [0.15, 0.2) is 0 Å². The van der Waals surface area contributed by atoms with Crippen LogP contribution in [0.1, 0.15) is 18.9 Å². The van der Waals surface area contributed by atoms with E-state index in [1.807, 2.05) is 6.07 Å². The average molecular weight is 273 g/mol. The summed E-state index contributed by atoms with van der Waals surface area (Å²) in [6.45, 7) is 2.26. The molecule has 0 aromatic heterocycles. The Balaban J connectivity index is 1.99. The summed E-state index contributed by atoms with van der Waals surface area (Å²) in [7, 11) is 0. The first-order chi connectivity index (χ1) is 9.44. The number of carbonyl (C=O) groups excluding carboxylic acids is 1. The first-order valence-corrected chi connectivity index (χ1v) is 6.24. The fourth-order valence-electron chi connectivity index (χ4n) is 2.14. The van der Waals surface area contributed by atoms with Crippen LogP contribution in [0, 0.1) is 16.7 Å². The van der Waals surface area contributed by atoms with Crippen molar-refractivity contribution in [1.82, 2.24) is 4.90 Å². The van der Waals surface area contributed by atoms with Crippen molar-refractivity contribution < 1.29 is 14.7 Å². The van der Waals surface area contributed by atoms with Gasteiger partial charge in [-0.3, -0.25) is 4.79 Å². The van der Waals surface area contributed by atoms with E-state index in [4.69, 9.17) is 10.4 Å². The number of hydrogen-bond acceptors (Lipinski definition) is 3. The summed E-state index contributed by atoms with van der Waals surface area (Å²) in [6, 6.07) is 8.19. The maximum Gasteiger partial charge on any atom is 0.321 e. The average Bonchev–Trinajstić information content (AvgIpc) is 2.84. The van der Waals surface area contributed by atoms with E-state index in [1.54, 1.807) is 31.2 Å². The topological polar surface area (TPSA) is 93.4 Å². The van der Waals surface area contributed by atoms with Crippen LogP contribution in [-0.2, 0) is 4.79 Å². The Morgan fingerprint density at radius 1 is 1.40 bits per heavy atom. The molecular formula is C14H15N3O3. The second-order valence-electron chi connectivity index (χ2n) is 5.16. The monoisotopic (exact) mass is 273 g/mol. The van der Waals surface area contributed by atoms with E-state index >= 15 is 0 Å². The van der Waals surface area contributed by atoms with E-state index in [0.29, 0.717) is 24.2 Å². The van der Waals surface area contributed by atoms with Crippen LogP contribution in [0.15, 0.2) is 24.3 Å². The third kappa shape index (κ3) is 2.72. The molecule has 1 heterocycles. The summed E-state index contributed by atoms with van der Waals surface area (Å²) in [5.74, 6) is -0.883. The van der Waals surface area contributed by atoms with Gasteiger partial charge in [0.05, 0.1) is 17.0 Å². The molecule has 6 nitrogen and oxygen atoms in total. The number of carbonyl (C=O) groups is 2. The van der Waals surface area contributed by atoms with Gasteiger partial charge in [-0.05, 0) is 37.6 Å². The number of nitriles is 1. The number of amides is 2. The molecule has 0 spiro atoms. The normalized spacial score (nSPS) is 21.3. The molecule has 1 fully saturated rings. The van der Waals surface area contributed by atoms with Crippen LogP contribution in [0.25, 0.3) is 0 Å². The molecule has 0 aliphatic carbocycles. The standard InChI is InChI=1S/C14H15N3O3/c1-14(12(18)19)6-7-17(9-14)13(20)16-11-4-2-10(8-15)3-5-11/h2-5H,6-7,9H2,1H3,(H,16,20)(H,18,19). The maximum atomic E-state index is 12.0. The zero-order valence-electron chi connectivity index (χ0n) is 11.1. The lowest BCUT2D eigenvalue weighted by atomic mass is 9.90. The smallest absolute Gasteiger partial charge is 0.321 e. The minimum Gasteiger partial charge on any atom is -0.481 e. The van der Waals surface area contributed by atoms with E-state index in [0.717, 1.165) is 0 Å². The van der Waals surface area contributed by atoms with E-state index in [1.165, 1.54) is 4.90 Å². The Morgan fingerprint density at radius 3 is 2.55 bits per heavy atom. The lowest BCUT2D eigenvalue weighted by Gasteiger charge is -2.20. The molecule has 104 valence electrons. The van der Waals surface area contributed by atoms with Gasteiger partial charge in [0.25, 0.3) is 0 Å². The second-order valence-corrected chi connectivity index (χ2v) is 5.16. The number of nitrogens with one attached hydrogen (secondary N) is 1. The minimum atomic E-state index is -0.883. The van der Waals surface area contributed by atoms with Crippen LogP contribution in [0.5, 0.6) is 0 Å². The highest BCUT2D eigenvalue weighted by Crippen LogP contribution is 2.30.